The first-order valence-corrected chi connectivity index (χ1v) is 10.1. The van der Waals surface area contributed by atoms with E-state index in [1.807, 2.05) is 31.2 Å². The lowest BCUT2D eigenvalue weighted by Gasteiger charge is -2.29. The maximum atomic E-state index is 12.7. The summed E-state index contributed by atoms with van der Waals surface area (Å²) in [7, 11) is 0. The molecular formula is C21H24N4O4S. The second kappa shape index (κ2) is 9.08. The van der Waals surface area contributed by atoms with Gasteiger partial charge in [-0.1, -0.05) is 17.7 Å². The minimum Gasteiger partial charge on any atom is -0.463 e. The van der Waals surface area contributed by atoms with Gasteiger partial charge in [0.2, 0.25) is 0 Å². The van der Waals surface area contributed by atoms with E-state index in [9.17, 15) is 9.59 Å². The maximum absolute atomic E-state index is 12.7. The van der Waals surface area contributed by atoms with Crippen LogP contribution in [0.15, 0.2) is 41.7 Å². The topological polar surface area (TPSA) is 94.5 Å². The molecule has 1 atom stereocenters. The minimum absolute atomic E-state index is 0.106. The summed E-state index contributed by atoms with van der Waals surface area (Å²) in [5.41, 5.74) is 3.34. The van der Waals surface area contributed by atoms with Crippen LogP contribution in [-0.2, 0) is 14.3 Å². The number of carbonyl (C=O) groups excluding carboxylic acids is 2. The Morgan fingerprint density at radius 2 is 1.73 bits per heavy atom. The second-order valence-electron chi connectivity index (χ2n) is 6.72. The Kier molecular flexibility index (Phi) is 6.51. The van der Waals surface area contributed by atoms with Crippen molar-refractivity contribution in [2.24, 2.45) is 0 Å². The monoisotopic (exact) mass is 428 g/mol. The first kappa shape index (κ1) is 21.5. The Hall–Kier alpha value is -3.20. The largest absolute Gasteiger partial charge is 0.463 e. The normalized spacial score (nSPS) is 16.0. The van der Waals surface area contributed by atoms with E-state index in [2.05, 4.69) is 15.7 Å². The summed E-state index contributed by atoms with van der Waals surface area (Å²) in [4.78, 5) is 25.3. The number of ether oxygens (including phenoxy) is 2. The molecule has 2 N–H and O–H groups in total. The molecule has 1 aliphatic heterocycles. The molecule has 0 radical (unpaired) electrons. The summed E-state index contributed by atoms with van der Waals surface area (Å²) in [6, 6.07) is 6.99. The van der Waals surface area contributed by atoms with Crippen LogP contribution in [0.4, 0.5) is 0 Å². The van der Waals surface area contributed by atoms with E-state index in [-0.39, 0.29) is 18.9 Å². The third-order valence-corrected chi connectivity index (χ3v) is 4.81. The predicted octanol–water partition coefficient (Wildman–Crippen LogP) is 2.71. The van der Waals surface area contributed by atoms with Crippen molar-refractivity contribution in [2.75, 3.05) is 13.2 Å². The highest BCUT2D eigenvalue weighted by Gasteiger charge is 2.35. The van der Waals surface area contributed by atoms with E-state index in [4.69, 9.17) is 21.7 Å². The molecule has 0 spiro atoms. The van der Waals surface area contributed by atoms with E-state index >= 15 is 0 Å². The number of thiocarbonyl (C=S) groups is 1. The third kappa shape index (κ3) is 4.35. The van der Waals surface area contributed by atoms with Gasteiger partial charge >= 0.3 is 11.9 Å². The molecule has 0 unspecified atom stereocenters. The lowest BCUT2D eigenvalue weighted by Crippen LogP contribution is -2.45. The molecule has 2 aromatic rings. The van der Waals surface area contributed by atoms with Crippen molar-refractivity contribution in [1.82, 2.24) is 20.4 Å². The number of hydrogen-bond acceptors (Lipinski definition) is 6. The van der Waals surface area contributed by atoms with E-state index < -0.39 is 18.0 Å². The molecule has 0 aliphatic carbocycles. The fraction of sp³-hybridized carbons (Fsp3) is 0.333. The average molecular weight is 429 g/mol. The Morgan fingerprint density at radius 1 is 1.10 bits per heavy atom. The molecule has 2 heterocycles. The van der Waals surface area contributed by atoms with Crippen LogP contribution >= 0.6 is 12.2 Å². The standard InChI is InChI=1S/C21H24N4O4S/c1-5-28-19(26)16-13(4)22-21(30)23-17(16)15-11-25(14-9-7-12(3)8-10-14)24-18(15)20(27)29-6-2/h7-11,17H,5-6H2,1-4H3,(H2,22,23,30)/t17-/m0/s1. The van der Waals surface area contributed by atoms with Gasteiger partial charge in [0, 0.05) is 17.5 Å². The van der Waals surface area contributed by atoms with Crippen LogP contribution in [0.5, 0.6) is 0 Å². The number of aryl methyl sites for hydroxylation is 1. The van der Waals surface area contributed by atoms with Gasteiger partial charge in [-0.2, -0.15) is 5.10 Å². The number of nitrogens with one attached hydrogen (secondary N) is 2. The molecule has 8 nitrogen and oxygen atoms in total. The molecule has 0 bridgehead atoms. The summed E-state index contributed by atoms with van der Waals surface area (Å²) < 4.78 is 12.0. The Bertz CT molecular complexity index is 1010. The molecule has 0 saturated heterocycles. The SMILES string of the molecule is CCOC(=O)C1=C(C)NC(=S)N[C@H]1c1cn(-c2ccc(C)cc2)nc1C(=O)OCC. The fourth-order valence-electron chi connectivity index (χ4n) is 3.19. The van der Waals surface area contributed by atoms with Gasteiger partial charge in [0.15, 0.2) is 10.8 Å². The number of benzene rings is 1. The number of hydrogen-bond donors (Lipinski definition) is 2. The van der Waals surface area contributed by atoms with Crippen LogP contribution < -0.4 is 10.6 Å². The van der Waals surface area contributed by atoms with E-state index in [1.54, 1.807) is 31.6 Å². The van der Waals surface area contributed by atoms with Crippen molar-refractivity contribution in [1.29, 1.82) is 0 Å². The zero-order chi connectivity index (χ0) is 21.8. The van der Waals surface area contributed by atoms with Gasteiger partial charge in [0.25, 0.3) is 0 Å². The predicted molar refractivity (Wildman–Crippen MR) is 115 cm³/mol. The third-order valence-electron chi connectivity index (χ3n) is 4.59. The molecule has 9 heteroatoms. The quantitative estimate of drug-likeness (QED) is 0.536. The van der Waals surface area contributed by atoms with Crippen LogP contribution in [0.3, 0.4) is 0 Å². The van der Waals surface area contributed by atoms with Crippen LogP contribution in [0.1, 0.15) is 48.4 Å². The van der Waals surface area contributed by atoms with E-state index in [1.165, 1.54) is 0 Å². The maximum Gasteiger partial charge on any atom is 0.359 e. The van der Waals surface area contributed by atoms with Crippen LogP contribution in [0.2, 0.25) is 0 Å². The van der Waals surface area contributed by atoms with Crippen LogP contribution in [-0.4, -0.2) is 40.0 Å². The van der Waals surface area contributed by atoms with Crippen molar-refractivity contribution in [2.45, 2.75) is 33.7 Å². The van der Waals surface area contributed by atoms with Crippen LogP contribution in [0.25, 0.3) is 5.69 Å². The lowest BCUT2D eigenvalue weighted by atomic mass is 9.96. The molecule has 0 saturated carbocycles. The van der Waals surface area contributed by atoms with Crippen molar-refractivity contribution in [3.8, 4) is 5.69 Å². The number of aromatic nitrogens is 2. The fourth-order valence-corrected chi connectivity index (χ4v) is 3.46. The summed E-state index contributed by atoms with van der Waals surface area (Å²) in [5.74, 6) is -1.08. The van der Waals surface area contributed by atoms with Crippen molar-refractivity contribution in [3.05, 3.63) is 58.6 Å². The van der Waals surface area contributed by atoms with Crippen molar-refractivity contribution >= 4 is 29.3 Å². The van der Waals surface area contributed by atoms with E-state index in [0.717, 1.165) is 11.3 Å². The molecule has 1 aromatic carbocycles. The van der Waals surface area contributed by atoms with Crippen LogP contribution in [0, 0.1) is 6.92 Å². The first-order valence-electron chi connectivity index (χ1n) is 9.64. The highest BCUT2D eigenvalue weighted by Crippen LogP contribution is 2.31. The molecule has 1 aromatic heterocycles. The summed E-state index contributed by atoms with van der Waals surface area (Å²) in [5, 5.41) is 10.8. The highest BCUT2D eigenvalue weighted by molar-refractivity contribution is 7.80. The first-order chi connectivity index (χ1) is 14.3. The smallest absolute Gasteiger partial charge is 0.359 e. The number of nitrogens with zero attached hydrogens (tertiary/aromatic N) is 2. The lowest BCUT2D eigenvalue weighted by molar-refractivity contribution is -0.139. The Labute approximate surface area is 180 Å². The van der Waals surface area contributed by atoms with Gasteiger partial charge in [0.05, 0.1) is 30.5 Å². The molecule has 158 valence electrons. The Morgan fingerprint density at radius 3 is 2.37 bits per heavy atom. The van der Waals surface area contributed by atoms with Gasteiger partial charge in [-0.3, -0.25) is 0 Å². The Balaban J connectivity index is 2.14. The van der Waals surface area contributed by atoms with Gasteiger partial charge in [-0.15, -0.1) is 0 Å². The minimum atomic E-state index is -0.712. The summed E-state index contributed by atoms with van der Waals surface area (Å²) >= 11 is 5.29. The summed E-state index contributed by atoms with van der Waals surface area (Å²) in [6.07, 6.45) is 1.70. The number of allylic oxidation sites excluding steroid dienone is 1. The highest BCUT2D eigenvalue weighted by atomic mass is 32.1. The number of carbonyl (C=O) groups is 2. The molecular weight excluding hydrogens is 404 g/mol. The average Bonchev–Trinajstić information content (AvgIpc) is 3.13. The molecule has 1 aliphatic rings. The molecule has 3 rings (SSSR count). The van der Waals surface area contributed by atoms with Crippen molar-refractivity contribution in [3.63, 3.8) is 0 Å². The van der Waals surface area contributed by atoms with Gasteiger partial charge < -0.3 is 20.1 Å². The van der Waals surface area contributed by atoms with Gasteiger partial charge in [0.1, 0.15) is 0 Å². The number of rotatable bonds is 6. The zero-order valence-corrected chi connectivity index (χ0v) is 18.1. The summed E-state index contributed by atoms with van der Waals surface area (Å²) in [6.45, 7) is 7.60. The number of esters is 2. The van der Waals surface area contributed by atoms with E-state index in [0.29, 0.717) is 21.9 Å². The van der Waals surface area contributed by atoms with Crippen molar-refractivity contribution < 1.29 is 19.1 Å². The molecule has 0 fully saturated rings. The molecule has 30 heavy (non-hydrogen) atoms. The second-order valence-corrected chi connectivity index (χ2v) is 7.13. The molecule has 0 amide bonds. The van der Waals surface area contributed by atoms with Gasteiger partial charge in [-0.25, -0.2) is 14.3 Å². The van der Waals surface area contributed by atoms with Gasteiger partial charge in [-0.05, 0) is 52.0 Å². The zero-order valence-electron chi connectivity index (χ0n) is 17.3.